The molecule has 3 N–H and O–H groups in total. The van der Waals surface area contributed by atoms with Crippen molar-refractivity contribution in [3.63, 3.8) is 0 Å². The Morgan fingerprint density at radius 3 is 2.74 bits per heavy atom. The predicted octanol–water partition coefficient (Wildman–Crippen LogP) is 3.50. The van der Waals surface area contributed by atoms with Crippen molar-refractivity contribution in [3.05, 3.63) is 58.4 Å². The summed E-state index contributed by atoms with van der Waals surface area (Å²) in [6.07, 6.45) is 1.92. The number of primary amides is 1. The summed E-state index contributed by atoms with van der Waals surface area (Å²) in [6.45, 7) is 12.2. The number of carbonyl (C=O) groups is 1. The molecule has 1 amide bonds. The van der Waals surface area contributed by atoms with Gasteiger partial charge in [0.2, 0.25) is 11.6 Å². The third-order valence-electron chi connectivity index (χ3n) is 5.63. The number of rotatable bonds is 6. The number of hydrogen-bond donors (Lipinski definition) is 2. The molecule has 1 aliphatic heterocycles. The lowest BCUT2D eigenvalue weighted by Gasteiger charge is -2.34. The van der Waals surface area contributed by atoms with Crippen molar-refractivity contribution < 1.29 is 4.79 Å². The van der Waals surface area contributed by atoms with Gasteiger partial charge < -0.3 is 16.0 Å². The summed E-state index contributed by atoms with van der Waals surface area (Å²) in [5.41, 5.74) is 8.18. The molecule has 7 nitrogen and oxygen atoms in total. The van der Waals surface area contributed by atoms with E-state index in [4.69, 9.17) is 17.3 Å². The Bertz CT molecular complexity index is 1070. The number of hydrogen-bond acceptors (Lipinski definition) is 6. The van der Waals surface area contributed by atoms with E-state index in [-0.39, 0.29) is 12.0 Å². The number of nitriles is 1. The van der Waals surface area contributed by atoms with Crippen LogP contribution in [0.4, 0.5) is 11.5 Å². The molecule has 8 heteroatoms. The standard InChI is InChI=1S/C23H24N6OS/c1-14-13-29(11-10-27-14)22-19(26-2)18(15-8-9-15)17(12-24)23(28-22)31-20(21(25)30)16-6-4-3-5-7-16/h3-7,14-15,20,27H,8-11,13H2,1H3,(H2,25,30). The second-order valence-electron chi connectivity index (χ2n) is 7.99. The predicted molar refractivity (Wildman–Crippen MR) is 121 cm³/mol. The van der Waals surface area contributed by atoms with Crippen molar-refractivity contribution in [3.8, 4) is 6.07 Å². The van der Waals surface area contributed by atoms with Gasteiger partial charge in [0.05, 0.1) is 12.1 Å². The van der Waals surface area contributed by atoms with Crippen LogP contribution < -0.4 is 16.0 Å². The van der Waals surface area contributed by atoms with Crippen molar-refractivity contribution in [2.24, 2.45) is 5.73 Å². The second-order valence-corrected chi connectivity index (χ2v) is 9.08. The van der Waals surface area contributed by atoms with Crippen LogP contribution in [-0.4, -0.2) is 36.6 Å². The van der Waals surface area contributed by atoms with E-state index in [1.165, 1.54) is 11.8 Å². The molecule has 4 rings (SSSR count). The molecule has 0 radical (unpaired) electrons. The SMILES string of the molecule is [C-]#[N+]c1c(N2CCNC(C)C2)nc(SC(C(N)=O)c2ccccc2)c(C#N)c1C1CC1. The minimum atomic E-state index is -0.665. The molecule has 1 saturated carbocycles. The number of piperazine rings is 1. The quantitative estimate of drug-likeness (QED) is 0.535. The van der Waals surface area contributed by atoms with Crippen LogP contribution in [0.2, 0.25) is 0 Å². The van der Waals surface area contributed by atoms with E-state index < -0.39 is 11.2 Å². The molecule has 1 aliphatic carbocycles. The first-order valence-corrected chi connectivity index (χ1v) is 11.3. The van der Waals surface area contributed by atoms with E-state index in [0.717, 1.165) is 43.6 Å². The van der Waals surface area contributed by atoms with Crippen LogP contribution in [-0.2, 0) is 4.79 Å². The van der Waals surface area contributed by atoms with Crippen LogP contribution in [0.3, 0.4) is 0 Å². The van der Waals surface area contributed by atoms with E-state index in [1.54, 1.807) is 0 Å². The van der Waals surface area contributed by atoms with Crippen molar-refractivity contribution in [1.82, 2.24) is 10.3 Å². The highest BCUT2D eigenvalue weighted by atomic mass is 32.2. The highest BCUT2D eigenvalue weighted by molar-refractivity contribution is 8.00. The molecule has 31 heavy (non-hydrogen) atoms. The Hall–Kier alpha value is -3.07. The highest BCUT2D eigenvalue weighted by Gasteiger charge is 2.35. The number of aromatic nitrogens is 1. The molecular formula is C23H24N6OS. The lowest BCUT2D eigenvalue weighted by molar-refractivity contribution is -0.117. The summed E-state index contributed by atoms with van der Waals surface area (Å²) in [5.74, 6) is 0.327. The Kier molecular flexibility index (Phi) is 6.13. The summed E-state index contributed by atoms with van der Waals surface area (Å²) in [4.78, 5) is 23.1. The minimum absolute atomic E-state index is 0.198. The topological polar surface area (TPSA) is 99.4 Å². The molecule has 158 valence electrons. The molecule has 0 bridgehead atoms. The summed E-state index contributed by atoms with van der Waals surface area (Å²) in [5, 5.41) is 13.2. The maximum atomic E-state index is 12.3. The third kappa shape index (κ3) is 4.36. The van der Waals surface area contributed by atoms with Crippen molar-refractivity contribution >= 4 is 29.2 Å². The molecule has 1 saturated heterocycles. The Morgan fingerprint density at radius 1 is 1.42 bits per heavy atom. The van der Waals surface area contributed by atoms with Crippen molar-refractivity contribution in [2.75, 3.05) is 24.5 Å². The van der Waals surface area contributed by atoms with Gasteiger partial charge in [0.25, 0.3) is 0 Å². The summed E-state index contributed by atoms with van der Waals surface area (Å²) in [6, 6.07) is 11.8. The summed E-state index contributed by atoms with van der Waals surface area (Å²) >= 11 is 1.21. The zero-order chi connectivity index (χ0) is 22.0. The molecule has 1 aromatic heterocycles. The van der Waals surface area contributed by atoms with E-state index in [2.05, 4.69) is 28.1 Å². The molecule has 0 spiro atoms. The highest BCUT2D eigenvalue weighted by Crippen LogP contribution is 2.51. The van der Waals surface area contributed by atoms with Gasteiger partial charge in [-0.15, -0.1) is 0 Å². The van der Waals surface area contributed by atoms with Gasteiger partial charge in [0.1, 0.15) is 22.2 Å². The third-order valence-corrected chi connectivity index (χ3v) is 6.88. The van der Waals surface area contributed by atoms with Crippen LogP contribution in [0.15, 0.2) is 35.4 Å². The largest absolute Gasteiger partial charge is 0.368 e. The van der Waals surface area contributed by atoms with Crippen LogP contribution in [0.1, 0.15) is 47.6 Å². The van der Waals surface area contributed by atoms with Crippen LogP contribution in [0, 0.1) is 17.9 Å². The molecule has 2 unspecified atom stereocenters. The number of nitrogens with one attached hydrogen (secondary N) is 1. The maximum absolute atomic E-state index is 12.3. The fourth-order valence-corrected chi connectivity index (χ4v) is 5.05. The van der Waals surface area contributed by atoms with Gasteiger partial charge in [-0.05, 0) is 36.8 Å². The smallest absolute Gasteiger partial charge is 0.235 e. The molecule has 2 aliphatic rings. The number of thioether (sulfide) groups is 1. The van der Waals surface area contributed by atoms with E-state index in [0.29, 0.717) is 22.1 Å². The Labute approximate surface area is 186 Å². The van der Waals surface area contributed by atoms with E-state index in [1.807, 2.05) is 30.3 Å². The number of carbonyl (C=O) groups excluding carboxylic acids is 1. The van der Waals surface area contributed by atoms with Gasteiger partial charge in [-0.25, -0.2) is 9.83 Å². The number of benzene rings is 1. The summed E-state index contributed by atoms with van der Waals surface area (Å²) < 4.78 is 0. The van der Waals surface area contributed by atoms with E-state index in [9.17, 15) is 10.1 Å². The van der Waals surface area contributed by atoms with E-state index >= 15 is 0 Å². The molecule has 2 aromatic rings. The van der Waals surface area contributed by atoms with Crippen LogP contribution in [0.5, 0.6) is 0 Å². The average molecular weight is 433 g/mol. The maximum Gasteiger partial charge on any atom is 0.235 e. The normalized spacial score (nSPS) is 19.3. The summed E-state index contributed by atoms with van der Waals surface area (Å²) in [7, 11) is 0. The minimum Gasteiger partial charge on any atom is -0.368 e. The zero-order valence-electron chi connectivity index (χ0n) is 17.3. The number of nitrogens with two attached hydrogens (primary N) is 1. The van der Waals surface area contributed by atoms with Crippen LogP contribution in [0.25, 0.3) is 4.85 Å². The van der Waals surface area contributed by atoms with Crippen molar-refractivity contribution in [1.29, 1.82) is 5.26 Å². The molecular weight excluding hydrogens is 408 g/mol. The first-order chi connectivity index (χ1) is 15.0. The Balaban J connectivity index is 1.84. The van der Waals surface area contributed by atoms with Crippen molar-refractivity contribution in [2.45, 2.75) is 42.0 Å². The number of anilines is 1. The van der Waals surface area contributed by atoms with Gasteiger partial charge in [-0.1, -0.05) is 42.1 Å². The lowest BCUT2D eigenvalue weighted by Crippen LogP contribution is -2.49. The first-order valence-electron chi connectivity index (χ1n) is 10.4. The molecule has 2 fully saturated rings. The fraction of sp³-hybridized carbons (Fsp3) is 0.391. The number of pyridine rings is 1. The van der Waals surface area contributed by atoms with Crippen LogP contribution >= 0.6 is 11.8 Å². The monoisotopic (exact) mass is 432 g/mol. The molecule has 2 heterocycles. The second kappa shape index (κ2) is 8.97. The lowest BCUT2D eigenvalue weighted by atomic mass is 10.0. The molecule has 2 atom stereocenters. The van der Waals surface area contributed by atoms with Gasteiger partial charge in [0.15, 0.2) is 0 Å². The van der Waals surface area contributed by atoms with Gasteiger partial charge in [0, 0.05) is 25.7 Å². The fourth-order valence-electron chi connectivity index (χ4n) is 4.01. The zero-order valence-corrected chi connectivity index (χ0v) is 18.2. The first kappa shape index (κ1) is 21.2. The van der Waals surface area contributed by atoms with Gasteiger partial charge >= 0.3 is 0 Å². The molecule has 1 aromatic carbocycles. The average Bonchev–Trinajstić information content (AvgIpc) is 3.62. The number of nitrogens with zero attached hydrogens (tertiary/aromatic N) is 4. The van der Waals surface area contributed by atoms with Gasteiger partial charge in [-0.3, -0.25) is 4.79 Å². The number of amides is 1. The Morgan fingerprint density at radius 2 is 2.16 bits per heavy atom. The van der Waals surface area contributed by atoms with Gasteiger partial charge in [-0.2, -0.15) is 5.26 Å².